The van der Waals surface area contributed by atoms with Crippen molar-refractivity contribution < 1.29 is 0 Å². The zero-order chi connectivity index (χ0) is 44.1. The number of hydrogen-bond donors (Lipinski definition) is 0. The summed E-state index contributed by atoms with van der Waals surface area (Å²) >= 11 is 0. The van der Waals surface area contributed by atoms with E-state index in [0.29, 0.717) is 0 Å². The second-order valence-corrected chi connectivity index (χ2v) is 16.4. The molecule has 0 amide bonds. The van der Waals surface area contributed by atoms with Crippen molar-refractivity contribution in [1.82, 2.24) is 4.48 Å². The SMILES string of the molecule is C=C/C(=C/C)c1c(C=C)ccc2c(C#CB(C#CC3=C(/C=C\c4ccc/c(=C/C)c4=C)CC(=C)C=C3)n3c(C)c(CC)c(C)c3C(C)C3N=C(C)C(CC)=C3C)ccc(C)c12. The number of fused-ring (bicyclic) bond motifs is 1. The first-order valence-electron chi connectivity index (χ1n) is 21.8. The van der Waals surface area contributed by atoms with Gasteiger partial charge in [0.25, 0.3) is 0 Å². The van der Waals surface area contributed by atoms with Crippen LogP contribution in [0.2, 0.25) is 0 Å². The van der Waals surface area contributed by atoms with Gasteiger partial charge in [0.1, 0.15) is 0 Å². The van der Waals surface area contributed by atoms with Crippen molar-refractivity contribution in [2.45, 2.75) is 100 Å². The highest BCUT2D eigenvalue weighted by molar-refractivity contribution is 6.74. The van der Waals surface area contributed by atoms with Crippen LogP contribution in [0.4, 0.5) is 0 Å². The molecule has 0 radical (unpaired) electrons. The lowest BCUT2D eigenvalue weighted by molar-refractivity contribution is 0.619. The lowest BCUT2D eigenvalue weighted by Crippen LogP contribution is -2.29. The van der Waals surface area contributed by atoms with E-state index in [1.54, 1.807) is 0 Å². The van der Waals surface area contributed by atoms with Crippen molar-refractivity contribution in [3.63, 3.8) is 0 Å². The predicted octanol–water partition coefficient (Wildman–Crippen LogP) is 12.7. The molecule has 0 saturated heterocycles. The molecule has 306 valence electrons. The van der Waals surface area contributed by atoms with Gasteiger partial charge < -0.3 is 4.48 Å². The number of rotatable bonds is 10. The summed E-state index contributed by atoms with van der Waals surface area (Å²) in [4.78, 5) is 5.29. The summed E-state index contributed by atoms with van der Waals surface area (Å²) in [6, 6.07) is 15.0. The average Bonchev–Trinajstić information content (AvgIpc) is 3.69. The smallest absolute Gasteiger partial charge is 0.369 e. The third-order valence-electron chi connectivity index (χ3n) is 12.9. The van der Waals surface area contributed by atoms with Gasteiger partial charge in [-0.05, 0) is 157 Å². The fourth-order valence-electron chi connectivity index (χ4n) is 9.63. The number of allylic oxidation sites excluding steroid dienone is 10. The van der Waals surface area contributed by atoms with Gasteiger partial charge in [-0.3, -0.25) is 4.99 Å². The molecule has 2 unspecified atom stereocenters. The minimum atomic E-state index is -0.445. The Morgan fingerprint density at radius 1 is 0.918 bits per heavy atom. The van der Waals surface area contributed by atoms with E-state index in [0.717, 1.165) is 85.3 Å². The van der Waals surface area contributed by atoms with Crippen molar-refractivity contribution in [3.05, 3.63) is 181 Å². The van der Waals surface area contributed by atoms with Crippen molar-refractivity contribution in [2.75, 3.05) is 0 Å². The molecule has 2 nitrogen and oxygen atoms in total. The molecule has 4 aromatic rings. The van der Waals surface area contributed by atoms with Crippen LogP contribution >= 0.6 is 0 Å². The minimum absolute atomic E-state index is 0.0608. The van der Waals surface area contributed by atoms with Gasteiger partial charge in [0.2, 0.25) is 0 Å². The van der Waals surface area contributed by atoms with Gasteiger partial charge in [-0.15, -0.1) is 11.6 Å². The fourth-order valence-corrected chi connectivity index (χ4v) is 9.63. The lowest BCUT2D eigenvalue weighted by Gasteiger charge is -2.24. The van der Waals surface area contributed by atoms with E-state index in [1.807, 2.05) is 12.2 Å². The molecule has 0 spiro atoms. The summed E-state index contributed by atoms with van der Waals surface area (Å²) in [5, 5.41) is 4.42. The number of aliphatic imine (C=N–C) groups is 1. The summed E-state index contributed by atoms with van der Waals surface area (Å²) in [6.45, 7) is 38.6. The largest absolute Gasteiger partial charge is 0.434 e. The van der Waals surface area contributed by atoms with E-state index in [9.17, 15) is 0 Å². The van der Waals surface area contributed by atoms with Gasteiger partial charge in [-0.2, -0.15) is 0 Å². The molecular formula is C58H61BN2. The molecule has 1 aliphatic carbocycles. The molecule has 0 saturated carbocycles. The van der Waals surface area contributed by atoms with Crippen molar-refractivity contribution in [2.24, 2.45) is 4.99 Å². The Kier molecular flexibility index (Phi) is 13.8. The Morgan fingerprint density at radius 3 is 2.33 bits per heavy atom. The number of benzene rings is 3. The third kappa shape index (κ3) is 8.54. The monoisotopic (exact) mass is 796 g/mol. The van der Waals surface area contributed by atoms with Gasteiger partial charge in [-0.1, -0.05) is 143 Å². The van der Waals surface area contributed by atoms with Gasteiger partial charge in [0.15, 0.2) is 0 Å². The number of hydrogen-bond acceptors (Lipinski definition) is 1. The number of aryl methyl sites for hydroxylation is 1. The van der Waals surface area contributed by atoms with Crippen LogP contribution in [0, 0.1) is 44.3 Å². The van der Waals surface area contributed by atoms with Crippen molar-refractivity contribution >= 4 is 53.7 Å². The zero-order valence-electron chi connectivity index (χ0n) is 38.2. The van der Waals surface area contributed by atoms with E-state index < -0.39 is 6.85 Å². The van der Waals surface area contributed by atoms with E-state index in [1.165, 1.54) is 44.6 Å². The highest BCUT2D eigenvalue weighted by Crippen LogP contribution is 2.39. The van der Waals surface area contributed by atoms with Crippen LogP contribution in [-0.4, -0.2) is 23.1 Å². The maximum Gasteiger partial charge on any atom is 0.434 e. The third-order valence-corrected chi connectivity index (χ3v) is 12.9. The Hall–Kier alpha value is -6.29. The minimum Gasteiger partial charge on any atom is -0.369 e. The summed E-state index contributed by atoms with van der Waals surface area (Å²) in [6.07, 6.45) is 19.2. The van der Waals surface area contributed by atoms with Crippen LogP contribution in [0.15, 0.2) is 125 Å². The molecule has 3 aromatic carbocycles. The highest BCUT2D eigenvalue weighted by atomic mass is 15.0. The maximum atomic E-state index is 5.29. The molecule has 1 aromatic heterocycles. The molecule has 61 heavy (non-hydrogen) atoms. The van der Waals surface area contributed by atoms with Crippen LogP contribution in [0.5, 0.6) is 0 Å². The van der Waals surface area contributed by atoms with Crippen molar-refractivity contribution in [1.29, 1.82) is 0 Å². The Balaban J connectivity index is 1.61. The molecule has 1 aliphatic heterocycles. The number of aromatic nitrogens is 1. The van der Waals surface area contributed by atoms with Gasteiger partial charge >= 0.3 is 6.85 Å². The molecule has 0 fully saturated rings. The standard InChI is InChI=1S/C58H61BN2/c1-15-45(16-2)56-47(18-4)30-31-54-50(27-25-38(8)55(54)56)33-35-59(34-32-49-26-24-37(7)36-51(49)29-28-48-23-21-22-46(17-3)39(48)9)61-44(14)53(20-6)41(11)58(61)42(12)57-40(10)52(19-5)43(13)60-57/h15-18,21-31,42,57H,1,4,7,9,19-20,36H2,2-3,5-6,8,10-14H3/b29-28-,45-16-,46-17-. The summed E-state index contributed by atoms with van der Waals surface area (Å²) in [5.74, 6) is 15.1. The van der Waals surface area contributed by atoms with Gasteiger partial charge in [-0.25, -0.2) is 0 Å². The van der Waals surface area contributed by atoms with E-state index >= 15 is 0 Å². The second-order valence-electron chi connectivity index (χ2n) is 16.4. The van der Waals surface area contributed by atoms with E-state index in [4.69, 9.17) is 4.99 Å². The summed E-state index contributed by atoms with van der Waals surface area (Å²) < 4.78 is 2.44. The van der Waals surface area contributed by atoms with Crippen molar-refractivity contribution in [3.8, 4) is 23.5 Å². The molecule has 0 N–H and O–H groups in total. The van der Waals surface area contributed by atoms with Crippen LogP contribution in [0.25, 0.3) is 41.2 Å². The lowest BCUT2D eigenvalue weighted by atomic mass is 9.62. The van der Waals surface area contributed by atoms with Crippen LogP contribution in [-0.2, 0) is 6.42 Å². The topological polar surface area (TPSA) is 17.3 Å². The normalized spacial score (nSPS) is 16.2. The average molecular weight is 797 g/mol. The molecule has 3 heteroatoms. The first kappa shape index (κ1) is 44.3. The first-order chi connectivity index (χ1) is 29.3. The van der Waals surface area contributed by atoms with Gasteiger partial charge in [0.05, 0.1) is 6.04 Å². The quantitative estimate of drug-likeness (QED) is 0.0864. The van der Waals surface area contributed by atoms with Crippen LogP contribution in [0.3, 0.4) is 0 Å². The number of nitrogens with zero attached hydrogens (tertiary/aromatic N) is 2. The Labute approximate surface area is 366 Å². The zero-order valence-corrected chi connectivity index (χ0v) is 38.2. The molecule has 2 atom stereocenters. The first-order valence-corrected chi connectivity index (χ1v) is 21.8. The second kappa shape index (κ2) is 19.0. The van der Waals surface area contributed by atoms with Crippen LogP contribution < -0.4 is 10.4 Å². The van der Waals surface area contributed by atoms with Crippen LogP contribution in [0.1, 0.15) is 118 Å². The Morgan fingerprint density at radius 2 is 1.67 bits per heavy atom. The molecule has 0 bridgehead atoms. The molecule has 2 heterocycles. The molecular weight excluding hydrogens is 735 g/mol. The van der Waals surface area contributed by atoms with E-state index in [2.05, 4.69) is 202 Å². The molecule has 2 aliphatic rings. The predicted molar refractivity (Wildman–Crippen MR) is 270 cm³/mol. The summed E-state index contributed by atoms with van der Waals surface area (Å²) in [7, 11) is 0. The van der Waals surface area contributed by atoms with E-state index in [-0.39, 0.29) is 12.0 Å². The highest BCUT2D eigenvalue weighted by Gasteiger charge is 2.34. The fraction of sp³-hybridized carbons (Fsp3) is 0.259. The summed E-state index contributed by atoms with van der Waals surface area (Å²) in [5.41, 5.74) is 18.7. The molecule has 6 rings (SSSR count). The Bertz CT molecular complexity index is 2920. The maximum absolute atomic E-state index is 5.29. The van der Waals surface area contributed by atoms with Gasteiger partial charge in [0, 0.05) is 34.2 Å².